The van der Waals surface area contributed by atoms with Crippen molar-refractivity contribution >= 4 is 11.6 Å². The van der Waals surface area contributed by atoms with Gasteiger partial charge in [0.2, 0.25) is 5.91 Å². The van der Waals surface area contributed by atoms with Crippen molar-refractivity contribution < 1.29 is 14.1 Å². The van der Waals surface area contributed by atoms with Crippen molar-refractivity contribution in [3.63, 3.8) is 0 Å². The number of anilines is 1. The van der Waals surface area contributed by atoms with Crippen molar-refractivity contribution in [1.29, 1.82) is 0 Å². The van der Waals surface area contributed by atoms with Crippen molar-refractivity contribution in [2.24, 2.45) is 0 Å². The number of nitrogens with zero attached hydrogens (tertiary/aromatic N) is 1. The topological polar surface area (TPSA) is 64.4 Å². The average Bonchev–Trinajstić information content (AvgIpc) is 2.91. The number of aryl methyl sites for hydroxylation is 2. The van der Waals surface area contributed by atoms with Gasteiger partial charge in [-0.15, -0.1) is 0 Å². The molecule has 1 aromatic rings. The fourth-order valence-electron chi connectivity index (χ4n) is 2.03. The van der Waals surface area contributed by atoms with E-state index in [1.165, 1.54) is 0 Å². The van der Waals surface area contributed by atoms with Gasteiger partial charge in [0.1, 0.15) is 11.4 Å². The summed E-state index contributed by atoms with van der Waals surface area (Å²) in [5.41, 5.74) is 1.41. The van der Waals surface area contributed by atoms with Crippen LogP contribution in [0.25, 0.3) is 0 Å². The van der Waals surface area contributed by atoms with Crippen molar-refractivity contribution in [3.8, 4) is 0 Å². The Morgan fingerprint density at radius 3 is 2.94 bits per heavy atom. The van der Waals surface area contributed by atoms with Gasteiger partial charge in [-0.05, 0) is 33.1 Å². The summed E-state index contributed by atoms with van der Waals surface area (Å²) in [6, 6.07) is 0. The lowest BCUT2D eigenvalue weighted by atomic mass is 10.1. The molecule has 0 aromatic carbocycles. The molecule has 5 heteroatoms. The quantitative estimate of drug-likeness (QED) is 0.873. The van der Waals surface area contributed by atoms with E-state index in [0.29, 0.717) is 23.6 Å². The number of hydrogen-bond acceptors (Lipinski definition) is 4. The number of nitrogens with one attached hydrogen (secondary N) is 1. The molecule has 2 heterocycles. The lowest BCUT2D eigenvalue weighted by Gasteiger charge is -2.08. The van der Waals surface area contributed by atoms with E-state index >= 15 is 0 Å². The van der Waals surface area contributed by atoms with Crippen LogP contribution in [0, 0.1) is 13.8 Å². The summed E-state index contributed by atoms with van der Waals surface area (Å²) in [7, 11) is 0. The molecule has 17 heavy (non-hydrogen) atoms. The van der Waals surface area contributed by atoms with E-state index in [-0.39, 0.29) is 12.0 Å². The van der Waals surface area contributed by atoms with E-state index in [2.05, 4.69) is 10.5 Å². The Balaban J connectivity index is 1.80. The lowest BCUT2D eigenvalue weighted by molar-refractivity contribution is -0.116. The number of ether oxygens (including phenoxy) is 1. The fraction of sp³-hybridized carbons (Fsp3) is 0.667. The highest BCUT2D eigenvalue weighted by molar-refractivity contribution is 5.91. The van der Waals surface area contributed by atoms with E-state index in [0.717, 1.165) is 25.9 Å². The minimum atomic E-state index is -0.00472. The molecule has 1 aromatic heterocycles. The predicted molar refractivity (Wildman–Crippen MR) is 62.8 cm³/mol. The first-order chi connectivity index (χ1) is 8.16. The Kier molecular flexibility index (Phi) is 3.78. The third-order valence-corrected chi connectivity index (χ3v) is 3.02. The van der Waals surface area contributed by atoms with Crippen molar-refractivity contribution in [2.75, 3.05) is 11.9 Å². The molecule has 94 valence electrons. The summed E-state index contributed by atoms with van der Waals surface area (Å²) in [6.07, 6.45) is 3.70. The second-order valence-electron chi connectivity index (χ2n) is 4.42. The Bertz CT molecular complexity index is 375. The van der Waals surface area contributed by atoms with E-state index in [1.807, 2.05) is 6.92 Å². The number of amides is 1. The first kappa shape index (κ1) is 12.1. The van der Waals surface area contributed by atoms with Gasteiger partial charge >= 0.3 is 0 Å². The Morgan fingerprint density at radius 2 is 2.35 bits per heavy atom. The minimum absolute atomic E-state index is 0.00472. The molecule has 1 fully saturated rings. The summed E-state index contributed by atoms with van der Waals surface area (Å²) in [5.74, 6) is 0.642. The van der Waals surface area contributed by atoms with Gasteiger partial charge < -0.3 is 14.6 Å². The van der Waals surface area contributed by atoms with Crippen LogP contribution in [0.5, 0.6) is 0 Å². The summed E-state index contributed by atoms with van der Waals surface area (Å²) in [4.78, 5) is 11.7. The number of aromatic nitrogens is 1. The zero-order valence-electron chi connectivity index (χ0n) is 10.3. The Morgan fingerprint density at radius 1 is 1.53 bits per heavy atom. The van der Waals surface area contributed by atoms with Crippen LogP contribution in [0.2, 0.25) is 0 Å². The predicted octanol–water partition coefficient (Wildman–Crippen LogP) is 2.19. The molecule has 0 unspecified atom stereocenters. The summed E-state index contributed by atoms with van der Waals surface area (Å²) in [6.45, 7) is 4.43. The van der Waals surface area contributed by atoms with Crippen LogP contribution < -0.4 is 5.32 Å². The van der Waals surface area contributed by atoms with Crippen LogP contribution in [0.4, 0.5) is 5.69 Å². The summed E-state index contributed by atoms with van der Waals surface area (Å²) >= 11 is 0. The highest BCUT2D eigenvalue weighted by Gasteiger charge is 2.18. The minimum Gasteiger partial charge on any atom is -0.378 e. The van der Waals surface area contributed by atoms with Crippen LogP contribution in [-0.4, -0.2) is 23.8 Å². The molecule has 5 nitrogen and oxygen atoms in total. The van der Waals surface area contributed by atoms with Gasteiger partial charge in [-0.25, -0.2) is 0 Å². The molecule has 0 aliphatic carbocycles. The number of rotatable bonds is 4. The lowest BCUT2D eigenvalue weighted by Crippen LogP contribution is -2.15. The first-order valence-electron chi connectivity index (χ1n) is 6.01. The number of carbonyl (C=O) groups excluding carboxylic acids is 1. The first-order valence-corrected chi connectivity index (χ1v) is 6.01. The van der Waals surface area contributed by atoms with Gasteiger partial charge in [-0.3, -0.25) is 4.79 Å². The molecular formula is C12H18N2O3. The summed E-state index contributed by atoms with van der Waals surface area (Å²) < 4.78 is 10.5. The highest BCUT2D eigenvalue weighted by atomic mass is 16.5. The maximum Gasteiger partial charge on any atom is 0.224 e. The second-order valence-corrected chi connectivity index (χ2v) is 4.42. The standard InChI is InChI=1S/C12H18N2O3/c1-8-12(9(2)17-14-8)13-11(15)6-5-10-4-3-7-16-10/h10H,3-7H2,1-2H3,(H,13,15)/t10-/m1/s1. The van der Waals surface area contributed by atoms with Crippen LogP contribution in [0.15, 0.2) is 4.52 Å². The van der Waals surface area contributed by atoms with Gasteiger partial charge in [0.05, 0.1) is 6.10 Å². The molecule has 2 rings (SSSR count). The smallest absolute Gasteiger partial charge is 0.224 e. The zero-order valence-corrected chi connectivity index (χ0v) is 10.3. The molecular weight excluding hydrogens is 220 g/mol. The molecule has 0 bridgehead atoms. The van der Waals surface area contributed by atoms with E-state index in [1.54, 1.807) is 6.92 Å². The largest absolute Gasteiger partial charge is 0.378 e. The molecule has 1 atom stereocenters. The van der Waals surface area contributed by atoms with Gasteiger partial charge in [-0.2, -0.15) is 0 Å². The third-order valence-electron chi connectivity index (χ3n) is 3.02. The third kappa shape index (κ3) is 3.06. The fourth-order valence-corrected chi connectivity index (χ4v) is 2.03. The normalized spacial score (nSPS) is 19.5. The molecule has 1 aliphatic rings. The molecule has 0 spiro atoms. The van der Waals surface area contributed by atoms with Crippen molar-refractivity contribution in [2.45, 2.75) is 45.6 Å². The van der Waals surface area contributed by atoms with E-state index in [9.17, 15) is 4.79 Å². The van der Waals surface area contributed by atoms with Gasteiger partial charge in [0.15, 0.2) is 5.76 Å². The van der Waals surface area contributed by atoms with Crippen LogP contribution >= 0.6 is 0 Å². The molecule has 0 radical (unpaired) electrons. The Labute approximate surface area is 101 Å². The van der Waals surface area contributed by atoms with Crippen LogP contribution in [-0.2, 0) is 9.53 Å². The molecule has 1 aliphatic heterocycles. The molecule has 1 saturated heterocycles. The zero-order chi connectivity index (χ0) is 12.3. The Hall–Kier alpha value is -1.36. The van der Waals surface area contributed by atoms with Crippen LogP contribution in [0.1, 0.15) is 37.1 Å². The SMILES string of the molecule is Cc1noc(C)c1NC(=O)CC[C@H]1CCCO1. The van der Waals surface area contributed by atoms with Gasteiger partial charge in [0.25, 0.3) is 0 Å². The molecule has 1 amide bonds. The second kappa shape index (κ2) is 5.31. The van der Waals surface area contributed by atoms with Crippen molar-refractivity contribution in [1.82, 2.24) is 5.16 Å². The monoisotopic (exact) mass is 238 g/mol. The number of hydrogen-bond donors (Lipinski definition) is 1. The van der Waals surface area contributed by atoms with Gasteiger partial charge in [0, 0.05) is 13.0 Å². The highest BCUT2D eigenvalue weighted by Crippen LogP contribution is 2.20. The number of carbonyl (C=O) groups is 1. The van der Waals surface area contributed by atoms with Crippen molar-refractivity contribution in [3.05, 3.63) is 11.5 Å². The average molecular weight is 238 g/mol. The molecule has 0 saturated carbocycles. The van der Waals surface area contributed by atoms with Crippen LogP contribution in [0.3, 0.4) is 0 Å². The molecule has 1 N–H and O–H groups in total. The van der Waals surface area contributed by atoms with E-state index < -0.39 is 0 Å². The summed E-state index contributed by atoms with van der Waals surface area (Å²) in [5, 5.41) is 6.62. The maximum absolute atomic E-state index is 11.7. The maximum atomic E-state index is 11.7. The van der Waals surface area contributed by atoms with E-state index in [4.69, 9.17) is 9.26 Å². The van der Waals surface area contributed by atoms with Gasteiger partial charge in [-0.1, -0.05) is 5.16 Å².